The molecular formula is C16H15ClF3NO. The van der Waals surface area contributed by atoms with Crippen LogP contribution >= 0.6 is 11.6 Å². The Hall–Kier alpha value is -1.56. The van der Waals surface area contributed by atoms with Crippen LogP contribution in [0.5, 0.6) is 0 Å². The Morgan fingerprint density at radius 3 is 2.27 bits per heavy atom. The minimum atomic E-state index is -4.56. The lowest BCUT2D eigenvalue weighted by Gasteiger charge is -2.22. The van der Waals surface area contributed by atoms with E-state index in [9.17, 15) is 18.3 Å². The van der Waals surface area contributed by atoms with Crippen molar-refractivity contribution in [2.45, 2.75) is 24.7 Å². The van der Waals surface area contributed by atoms with Crippen LogP contribution in [0.1, 0.15) is 22.7 Å². The van der Waals surface area contributed by atoms with Crippen LogP contribution in [0.3, 0.4) is 0 Å². The second-order valence-electron chi connectivity index (χ2n) is 4.99. The van der Waals surface area contributed by atoms with Crippen LogP contribution in [0.4, 0.5) is 13.2 Å². The number of halogens is 4. The molecule has 0 amide bonds. The molecule has 0 aliphatic rings. The molecule has 0 bridgehead atoms. The van der Waals surface area contributed by atoms with Crippen molar-refractivity contribution >= 4 is 11.6 Å². The number of benzene rings is 2. The quantitative estimate of drug-likeness (QED) is 0.891. The lowest BCUT2D eigenvalue weighted by molar-refractivity contribution is -0.137. The summed E-state index contributed by atoms with van der Waals surface area (Å²) >= 11 is 5.82. The van der Waals surface area contributed by atoms with Gasteiger partial charge in [0, 0.05) is 6.42 Å². The number of rotatable bonds is 4. The van der Waals surface area contributed by atoms with E-state index in [1.807, 2.05) is 30.3 Å². The van der Waals surface area contributed by atoms with Crippen LogP contribution in [-0.4, -0.2) is 11.2 Å². The average molecular weight is 330 g/mol. The van der Waals surface area contributed by atoms with Crippen molar-refractivity contribution < 1.29 is 18.3 Å². The molecular weight excluding hydrogens is 315 g/mol. The lowest BCUT2D eigenvalue weighted by atomic mass is 9.95. The number of alkyl halides is 3. The van der Waals surface area contributed by atoms with Gasteiger partial charge in [-0.25, -0.2) is 0 Å². The maximum Gasteiger partial charge on any atom is 0.417 e. The molecule has 0 saturated heterocycles. The predicted octanol–water partition coefficient (Wildman–Crippen LogP) is 3.96. The van der Waals surface area contributed by atoms with Crippen LogP contribution in [0.15, 0.2) is 48.5 Å². The smallest absolute Gasteiger partial charge is 0.391 e. The van der Waals surface area contributed by atoms with E-state index in [1.54, 1.807) is 0 Å². The molecule has 2 nitrogen and oxygen atoms in total. The highest BCUT2D eigenvalue weighted by Crippen LogP contribution is 2.38. The molecule has 0 aliphatic heterocycles. The van der Waals surface area contributed by atoms with Gasteiger partial charge in [0.2, 0.25) is 0 Å². The van der Waals surface area contributed by atoms with Gasteiger partial charge in [0.1, 0.15) is 0 Å². The maximum atomic E-state index is 12.9. The monoisotopic (exact) mass is 329 g/mol. The summed E-state index contributed by atoms with van der Waals surface area (Å²) in [5, 5.41) is 9.71. The topological polar surface area (TPSA) is 46.2 Å². The first-order valence-electron chi connectivity index (χ1n) is 6.64. The Morgan fingerprint density at radius 1 is 1.05 bits per heavy atom. The molecule has 2 rings (SSSR count). The van der Waals surface area contributed by atoms with E-state index in [0.29, 0.717) is 0 Å². The summed E-state index contributed by atoms with van der Waals surface area (Å²) in [5.41, 5.74) is 5.87. The number of hydrogen-bond donors (Lipinski definition) is 2. The molecule has 0 unspecified atom stereocenters. The zero-order chi connectivity index (χ0) is 16.3. The first kappa shape index (κ1) is 16.8. The van der Waals surface area contributed by atoms with Crippen LogP contribution in [0, 0.1) is 0 Å². The number of nitrogens with two attached hydrogens (primary N) is 1. The Kier molecular flexibility index (Phi) is 5.11. The fourth-order valence-corrected chi connectivity index (χ4v) is 2.58. The summed E-state index contributed by atoms with van der Waals surface area (Å²) < 4.78 is 38.6. The Bertz CT molecular complexity index is 631. The van der Waals surface area contributed by atoms with Gasteiger partial charge in [-0.1, -0.05) is 54.1 Å². The molecule has 0 fully saturated rings. The summed E-state index contributed by atoms with van der Waals surface area (Å²) in [6.45, 7) is 0. The minimum Gasteiger partial charge on any atom is -0.391 e. The fourth-order valence-electron chi connectivity index (χ4n) is 2.22. The third-order valence-corrected chi connectivity index (χ3v) is 3.82. The average Bonchev–Trinajstić information content (AvgIpc) is 2.46. The summed E-state index contributed by atoms with van der Waals surface area (Å²) in [6, 6.07) is 11.6. The van der Waals surface area contributed by atoms with Crippen molar-refractivity contribution in [1.29, 1.82) is 0 Å². The van der Waals surface area contributed by atoms with E-state index in [0.717, 1.165) is 11.6 Å². The third kappa shape index (κ3) is 3.80. The SMILES string of the molecule is N[C@@H](c1cccc(C(F)(F)F)c1Cl)[C@H](O)Cc1ccccc1. The van der Waals surface area contributed by atoms with Crippen molar-refractivity contribution in [2.24, 2.45) is 5.73 Å². The van der Waals surface area contributed by atoms with Gasteiger partial charge in [-0.05, 0) is 17.2 Å². The van der Waals surface area contributed by atoms with E-state index >= 15 is 0 Å². The van der Waals surface area contributed by atoms with Gasteiger partial charge >= 0.3 is 6.18 Å². The summed E-state index contributed by atoms with van der Waals surface area (Å²) in [5.74, 6) is 0. The standard InChI is InChI=1S/C16H15ClF3NO/c17-14-11(7-4-8-12(14)16(18,19)20)15(21)13(22)9-10-5-2-1-3-6-10/h1-8,13,15,22H,9,21H2/t13-,15+/m1/s1. The Morgan fingerprint density at radius 2 is 1.68 bits per heavy atom. The van der Waals surface area contributed by atoms with E-state index in [4.69, 9.17) is 17.3 Å². The molecule has 2 aromatic carbocycles. The third-order valence-electron chi connectivity index (χ3n) is 3.40. The van der Waals surface area contributed by atoms with Gasteiger partial charge < -0.3 is 10.8 Å². The van der Waals surface area contributed by atoms with Crippen LogP contribution < -0.4 is 5.73 Å². The summed E-state index contributed by atoms with van der Waals surface area (Å²) in [6.07, 6.45) is -5.37. The predicted molar refractivity (Wildman–Crippen MR) is 79.5 cm³/mol. The number of hydrogen-bond acceptors (Lipinski definition) is 2. The molecule has 0 spiro atoms. The van der Waals surface area contributed by atoms with Gasteiger partial charge in [0.15, 0.2) is 0 Å². The first-order valence-corrected chi connectivity index (χ1v) is 7.01. The second-order valence-corrected chi connectivity index (χ2v) is 5.37. The largest absolute Gasteiger partial charge is 0.417 e. The second kappa shape index (κ2) is 6.69. The number of aliphatic hydroxyl groups is 1. The molecule has 2 aromatic rings. The zero-order valence-electron chi connectivity index (χ0n) is 11.5. The molecule has 6 heteroatoms. The van der Waals surface area contributed by atoms with E-state index in [2.05, 4.69) is 0 Å². The van der Waals surface area contributed by atoms with E-state index < -0.39 is 28.9 Å². The van der Waals surface area contributed by atoms with Gasteiger partial charge in [0.25, 0.3) is 0 Å². The molecule has 0 heterocycles. The molecule has 3 N–H and O–H groups in total. The van der Waals surface area contributed by atoms with E-state index in [1.165, 1.54) is 12.1 Å². The van der Waals surface area contributed by atoms with Gasteiger partial charge in [-0.3, -0.25) is 0 Å². The van der Waals surface area contributed by atoms with Crippen LogP contribution in [0.2, 0.25) is 5.02 Å². The normalized spacial score (nSPS) is 14.6. The molecule has 2 atom stereocenters. The molecule has 0 aromatic heterocycles. The molecule has 0 radical (unpaired) electrons. The van der Waals surface area contributed by atoms with Crippen molar-refractivity contribution in [3.63, 3.8) is 0 Å². The highest BCUT2D eigenvalue weighted by atomic mass is 35.5. The zero-order valence-corrected chi connectivity index (χ0v) is 12.3. The van der Waals surface area contributed by atoms with Gasteiger partial charge in [-0.2, -0.15) is 13.2 Å². The summed E-state index contributed by atoms with van der Waals surface area (Å²) in [4.78, 5) is 0. The maximum absolute atomic E-state index is 12.9. The van der Waals surface area contributed by atoms with Gasteiger partial charge in [-0.15, -0.1) is 0 Å². The number of aliphatic hydroxyl groups excluding tert-OH is 1. The summed E-state index contributed by atoms with van der Waals surface area (Å²) in [7, 11) is 0. The molecule has 0 saturated carbocycles. The highest BCUT2D eigenvalue weighted by molar-refractivity contribution is 6.32. The van der Waals surface area contributed by atoms with Crippen molar-refractivity contribution in [2.75, 3.05) is 0 Å². The highest BCUT2D eigenvalue weighted by Gasteiger charge is 2.35. The first-order chi connectivity index (χ1) is 10.3. The molecule has 0 aliphatic carbocycles. The van der Waals surface area contributed by atoms with Crippen LogP contribution in [0.25, 0.3) is 0 Å². The molecule has 118 valence electrons. The lowest BCUT2D eigenvalue weighted by Crippen LogP contribution is -2.28. The Balaban J connectivity index is 2.24. The Labute approximate surface area is 131 Å². The van der Waals surface area contributed by atoms with Crippen molar-refractivity contribution in [3.05, 3.63) is 70.2 Å². The minimum absolute atomic E-state index is 0.0833. The van der Waals surface area contributed by atoms with E-state index in [-0.39, 0.29) is 12.0 Å². The van der Waals surface area contributed by atoms with Crippen molar-refractivity contribution in [3.8, 4) is 0 Å². The van der Waals surface area contributed by atoms with Crippen molar-refractivity contribution in [1.82, 2.24) is 0 Å². The molecule has 22 heavy (non-hydrogen) atoms. The van der Waals surface area contributed by atoms with Gasteiger partial charge in [0.05, 0.1) is 22.7 Å². The van der Waals surface area contributed by atoms with Crippen LogP contribution in [-0.2, 0) is 12.6 Å². The fraction of sp³-hybridized carbons (Fsp3) is 0.250.